The summed E-state index contributed by atoms with van der Waals surface area (Å²) in [5.41, 5.74) is 5.47. The van der Waals surface area contributed by atoms with Crippen LogP contribution in [0, 0.1) is 0 Å². The molecule has 1 fully saturated rings. The molecule has 6 nitrogen and oxygen atoms in total. The average molecular weight is 229 g/mol. The lowest BCUT2D eigenvalue weighted by molar-refractivity contribution is 0.101. The van der Waals surface area contributed by atoms with Crippen LogP contribution in [0.5, 0.6) is 0 Å². The fourth-order valence-electron chi connectivity index (χ4n) is 1.50. The van der Waals surface area contributed by atoms with Crippen LogP contribution in [-0.4, -0.2) is 45.2 Å². The summed E-state index contributed by atoms with van der Waals surface area (Å²) in [5, 5.41) is 12.8. The van der Waals surface area contributed by atoms with E-state index in [2.05, 4.69) is 15.5 Å². The second kappa shape index (κ2) is 5.43. The van der Waals surface area contributed by atoms with E-state index in [0.29, 0.717) is 18.3 Å². The van der Waals surface area contributed by atoms with Crippen LogP contribution in [0.1, 0.15) is 12.8 Å². The van der Waals surface area contributed by atoms with E-state index in [4.69, 9.17) is 10.5 Å². The van der Waals surface area contributed by atoms with Gasteiger partial charge in [-0.15, -0.1) is 5.10 Å². The van der Waals surface area contributed by atoms with Crippen LogP contribution in [0.3, 0.4) is 0 Å². The average Bonchev–Trinajstić information content (AvgIpc) is 2.68. The molecule has 1 aliphatic heterocycles. The van der Waals surface area contributed by atoms with E-state index in [1.54, 1.807) is 16.4 Å². The molecule has 1 aromatic heterocycles. The maximum Gasteiger partial charge on any atom is 0.209 e. The molecular weight excluding hydrogens is 214 g/mol. The Morgan fingerprint density at radius 3 is 3.27 bits per heavy atom. The predicted octanol–water partition coefficient (Wildman–Crippen LogP) is -0.0971. The highest BCUT2D eigenvalue weighted by Crippen LogP contribution is 2.26. The first-order chi connectivity index (χ1) is 7.40. The van der Waals surface area contributed by atoms with Gasteiger partial charge in [-0.3, -0.25) is 0 Å². The zero-order valence-corrected chi connectivity index (χ0v) is 9.32. The standard InChI is InChI=1S/C8H15N5OS/c9-3-4-13-8(10-11-12-13)15-7-2-1-5-14-6-7/h7H,1-6,9H2. The van der Waals surface area contributed by atoms with Crippen LogP contribution in [-0.2, 0) is 11.3 Å². The molecule has 1 atom stereocenters. The van der Waals surface area contributed by atoms with Crippen molar-refractivity contribution >= 4 is 11.8 Å². The molecule has 0 bridgehead atoms. The van der Waals surface area contributed by atoms with Gasteiger partial charge in [0.1, 0.15) is 0 Å². The first-order valence-electron chi connectivity index (χ1n) is 5.11. The molecule has 0 spiro atoms. The number of thioether (sulfide) groups is 1. The molecule has 0 radical (unpaired) electrons. The zero-order chi connectivity index (χ0) is 10.5. The minimum absolute atomic E-state index is 0.473. The summed E-state index contributed by atoms with van der Waals surface area (Å²) in [5.74, 6) is 0. The smallest absolute Gasteiger partial charge is 0.209 e. The van der Waals surface area contributed by atoms with Gasteiger partial charge in [0.15, 0.2) is 0 Å². The molecule has 0 aromatic carbocycles. The number of aromatic nitrogens is 4. The van der Waals surface area contributed by atoms with E-state index < -0.39 is 0 Å². The first kappa shape index (κ1) is 10.8. The predicted molar refractivity (Wildman–Crippen MR) is 56.6 cm³/mol. The monoisotopic (exact) mass is 229 g/mol. The van der Waals surface area contributed by atoms with Gasteiger partial charge in [0.05, 0.1) is 13.2 Å². The van der Waals surface area contributed by atoms with Crippen LogP contribution in [0.2, 0.25) is 0 Å². The fraction of sp³-hybridized carbons (Fsp3) is 0.875. The number of nitrogens with two attached hydrogens (primary N) is 1. The van der Waals surface area contributed by atoms with Gasteiger partial charge in [0.2, 0.25) is 5.16 Å². The minimum atomic E-state index is 0.473. The summed E-state index contributed by atoms with van der Waals surface area (Å²) in [6, 6.07) is 0. The van der Waals surface area contributed by atoms with Gasteiger partial charge in [-0.05, 0) is 23.3 Å². The van der Waals surface area contributed by atoms with Crippen molar-refractivity contribution < 1.29 is 4.74 Å². The zero-order valence-electron chi connectivity index (χ0n) is 8.50. The van der Waals surface area contributed by atoms with E-state index in [1.807, 2.05) is 0 Å². The quantitative estimate of drug-likeness (QED) is 0.777. The highest BCUT2D eigenvalue weighted by molar-refractivity contribution is 7.99. The number of ether oxygens (including phenoxy) is 1. The highest BCUT2D eigenvalue weighted by atomic mass is 32.2. The van der Waals surface area contributed by atoms with Crippen LogP contribution in [0.15, 0.2) is 5.16 Å². The van der Waals surface area contributed by atoms with Crippen molar-refractivity contribution in [3.05, 3.63) is 0 Å². The van der Waals surface area contributed by atoms with Crippen molar-refractivity contribution in [3.63, 3.8) is 0 Å². The molecule has 0 amide bonds. The van der Waals surface area contributed by atoms with Gasteiger partial charge < -0.3 is 10.5 Å². The molecule has 1 saturated heterocycles. The Bertz CT molecular complexity index is 299. The van der Waals surface area contributed by atoms with Crippen molar-refractivity contribution in [2.24, 2.45) is 5.73 Å². The summed E-state index contributed by atoms with van der Waals surface area (Å²) in [4.78, 5) is 0. The number of nitrogens with zero attached hydrogens (tertiary/aromatic N) is 4. The molecular formula is C8H15N5OS. The molecule has 1 aromatic rings. The van der Waals surface area contributed by atoms with Gasteiger partial charge >= 0.3 is 0 Å². The molecule has 2 rings (SSSR count). The topological polar surface area (TPSA) is 78.9 Å². The van der Waals surface area contributed by atoms with Crippen molar-refractivity contribution in [1.29, 1.82) is 0 Å². The van der Waals surface area contributed by atoms with Crippen LogP contribution < -0.4 is 5.73 Å². The number of tetrazole rings is 1. The van der Waals surface area contributed by atoms with Crippen molar-refractivity contribution in [3.8, 4) is 0 Å². The highest BCUT2D eigenvalue weighted by Gasteiger charge is 2.18. The lowest BCUT2D eigenvalue weighted by Gasteiger charge is -2.20. The summed E-state index contributed by atoms with van der Waals surface area (Å²) >= 11 is 1.68. The van der Waals surface area contributed by atoms with E-state index >= 15 is 0 Å². The Kier molecular flexibility index (Phi) is 3.93. The van der Waals surface area contributed by atoms with Crippen molar-refractivity contribution in [2.45, 2.75) is 29.8 Å². The maximum absolute atomic E-state index is 5.47. The molecule has 1 unspecified atom stereocenters. The number of hydrogen-bond acceptors (Lipinski definition) is 6. The molecule has 7 heteroatoms. The summed E-state index contributed by atoms with van der Waals surface area (Å²) in [7, 11) is 0. The molecule has 2 N–H and O–H groups in total. The second-order valence-corrected chi connectivity index (χ2v) is 4.70. The third-order valence-corrected chi connectivity index (χ3v) is 3.44. The van der Waals surface area contributed by atoms with Gasteiger partial charge in [-0.2, -0.15) is 0 Å². The Morgan fingerprint density at radius 2 is 2.53 bits per heavy atom. The fourth-order valence-corrected chi connectivity index (χ4v) is 2.58. The third-order valence-electron chi connectivity index (χ3n) is 2.23. The minimum Gasteiger partial charge on any atom is -0.380 e. The third kappa shape index (κ3) is 2.90. The maximum atomic E-state index is 5.47. The Labute approximate surface area is 92.5 Å². The summed E-state index contributed by atoms with van der Waals surface area (Å²) in [6.45, 7) is 2.90. The summed E-state index contributed by atoms with van der Waals surface area (Å²) < 4.78 is 7.16. The molecule has 0 saturated carbocycles. The molecule has 2 heterocycles. The van der Waals surface area contributed by atoms with Crippen LogP contribution in [0.4, 0.5) is 0 Å². The number of rotatable bonds is 4. The lowest BCUT2D eigenvalue weighted by atomic mass is 10.2. The Balaban J connectivity index is 1.93. The van der Waals surface area contributed by atoms with Gasteiger partial charge in [0, 0.05) is 18.4 Å². The van der Waals surface area contributed by atoms with E-state index in [0.717, 1.165) is 24.8 Å². The Morgan fingerprint density at radius 1 is 1.60 bits per heavy atom. The van der Waals surface area contributed by atoms with E-state index in [9.17, 15) is 0 Å². The van der Waals surface area contributed by atoms with Gasteiger partial charge in [0.25, 0.3) is 0 Å². The van der Waals surface area contributed by atoms with Gasteiger partial charge in [-0.1, -0.05) is 11.8 Å². The van der Waals surface area contributed by atoms with Crippen molar-refractivity contribution in [2.75, 3.05) is 19.8 Å². The normalized spacial score (nSPS) is 21.8. The molecule has 1 aliphatic rings. The van der Waals surface area contributed by atoms with Crippen LogP contribution in [0.25, 0.3) is 0 Å². The molecule has 84 valence electrons. The SMILES string of the molecule is NCCn1nnnc1SC1CCCOC1. The van der Waals surface area contributed by atoms with E-state index in [-0.39, 0.29) is 0 Å². The second-order valence-electron chi connectivity index (χ2n) is 3.43. The summed E-state index contributed by atoms with van der Waals surface area (Å²) in [6.07, 6.45) is 2.29. The lowest BCUT2D eigenvalue weighted by Crippen LogP contribution is -2.20. The van der Waals surface area contributed by atoms with Crippen molar-refractivity contribution in [1.82, 2.24) is 20.2 Å². The van der Waals surface area contributed by atoms with E-state index in [1.165, 1.54) is 6.42 Å². The first-order valence-corrected chi connectivity index (χ1v) is 5.99. The van der Waals surface area contributed by atoms with Gasteiger partial charge in [-0.25, -0.2) is 4.68 Å². The Hall–Kier alpha value is -0.660. The molecule has 0 aliphatic carbocycles. The molecule has 15 heavy (non-hydrogen) atoms. The number of hydrogen-bond donors (Lipinski definition) is 1. The largest absolute Gasteiger partial charge is 0.380 e. The van der Waals surface area contributed by atoms with Crippen LogP contribution >= 0.6 is 11.8 Å².